The molecule has 0 saturated carbocycles. The number of hydrogen-bond donors (Lipinski definition) is 1. The van der Waals surface area contributed by atoms with E-state index in [0.717, 1.165) is 17.0 Å². The highest BCUT2D eigenvalue weighted by atomic mass is 16.7. The van der Waals surface area contributed by atoms with E-state index >= 15 is 0 Å². The van der Waals surface area contributed by atoms with Crippen molar-refractivity contribution in [2.75, 3.05) is 6.79 Å². The highest BCUT2D eigenvalue weighted by Crippen LogP contribution is 2.36. The summed E-state index contributed by atoms with van der Waals surface area (Å²) in [5.74, 6) is 2.58. The van der Waals surface area contributed by atoms with E-state index in [9.17, 15) is 0 Å². The maximum Gasteiger partial charge on any atom is 0.231 e. The minimum absolute atomic E-state index is 0.246. The summed E-state index contributed by atoms with van der Waals surface area (Å²) in [6.45, 7) is 2.54. The molecule has 0 spiro atoms. The van der Waals surface area contributed by atoms with Gasteiger partial charge in [-0.05, 0) is 25.1 Å². The van der Waals surface area contributed by atoms with Crippen molar-refractivity contribution in [1.82, 2.24) is 4.98 Å². The Kier molecular flexibility index (Phi) is 2.97. The van der Waals surface area contributed by atoms with Gasteiger partial charge in [-0.3, -0.25) is 0 Å². The molecule has 0 bridgehead atoms. The molecule has 2 heterocycles. The van der Waals surface area contributed by atoms with Crippen molar-refractivity contribution in [2.45, 2.75) is 13.5 Å². The quantitative estimate of drug-likeness (QED) is 0.915. The fourth-order valence-electron chi connectivity index (χ4n) is 1.86. The van der Waals surface area contributed by atoms with Gasteiger partial charge in [0.2, 0.25) is 12.7 Å². The Bertz CT molecular complexity index is 614. The second-order valence-corrected chi connectivity index (χ2v) is 4.24. The second-order valence-electron chi connectivity index (χ2n) is 4.24. The molecule has 0 fully saturated rings. The van der Waals surface area contributed by atoms with Crippen LogP contribution in [0, 0.1) is 6.92 Å². The van der Waals surface area contributed by atoms with Gasteiger partial charge in [0, 0.05) is 23.9 Å². The first-order chi connectivity index (χ1) is 9.26. The number of rotatable bonds is 3. The Morgan fingerprint density at radius 1 is 1.21 bits per heavy atom. The Hall–Kier alpha value is -2.27. The van der Waals surface area contributed by atoms with E-state index in [1.54, 1.807) is 6.07 Å². The van der Waals surface area contributed by atoms with Crippen LogP contribution >= 0.6 is 0 Å². The summed E-state index contributed by atoms with van der Waals surface area (Å²) in [5.41, 5.74) is 7.43. The van der Waals surface area contributed by atoms with Gasteiger partial charge in [-0.1, -0.05) is 6.07 Å². The molecule has 3 rings (SSSR count). The predicted octanol–water partition coefficient (Wildman–Crippen LogP) is 2.37. The van der Waals surface area contributed by atoms with Crippen LogP contribution in [-0.4, -0.2) is 11.8 Å². The Morgan fingerprint density at radius 3 is 2.89 bits per heavy atom. The van der Waals surface area contributed by atoms with E-state index in [4.69, 9.17) is 19.9 Å². The topological polar surface area (TPSA) is 66.6 Å². The smallest absolute Gasteiger partial charge is 0.231 e. The molecule has 2 N–H and O–H groups in total. The number of nitrogens with zero attached hydrogens (tertiary/aromatic N) is 1. The van der Waals surface area contributed by atoms with Gasteiger partial charge in [0.15, 0.2) is 11.5 Å². The van der Waals surface area contributed by atoms with Gasteiger partial charge in [-0.25, -0.2) is 4.98 Å². The number of aryl methyl sites for hydroxylation is 1. The van der Waals surface area contributed by atoms with Crippen LogP contribution in [0.2, 0.25) is 0 Å². The van der Waals surface area contributed by atoms with Gasteiger partial charge in [0.1, 0.15) is 5.75 Å². The first-order valence-corrected chi connectivity index (χ1v) is 6.00. The zero-order chi connectivity index (χ0) is 13.2. The SMILES string of the molecule is Cc1ccc(CN)c(Oc2ccc3c(c2)OCO3)n1. The molecular formula is C14H14N2O3. The Balaban J connectivity index is 1.90. The molecule has 1 aliphatic rings. The third-order valence-electron chi connectivity index (χ3n) is 2.86. The maximum atomic E-state index is 5.78. The number of fused-ring (bicyclic) bond motifs is 1. The molecular weight excluding hydrogens is 244 g/mol. The largest absolute Gasteiger partial charge is 0.454 e. The molecule has 1 aromatic carbocycles. The molecule has 1 aliphatic heterocycles. The summed E-state index contributed by atoms with van der Waals surface area (Å²) < 4.78 is 16.3. The van der Waals surface area contributed by atoms with E-state index in [-0.39, 0.29) is 6.79 Å². The zero-order valence-corrected chi connectivity index (χ0v) is 10.6. The maximum absolute atomic E-state index is 5.78. The molecule has 0 saturated heterocycles. The summed E-state index contributed by atoms with van der Waals surface area (Å²) >= 11 is 0. The van der Waals surface area contributed by atoms with Crippen LogP contribution in [0.15, 0.2) is 30.3 Å². The molecule has 2 aromatic rings. The summed E-state index contributed by atoms with van der Waals surface area (Å²) in [5, 5.41) is 0. The van der Waals surface area contributed by atoms with E-state index in [1.165, 1.54) is 0 Å². The number of pyridine rings is 1. The average molecular weight is 258 g/mol. The van der Waals surface area contributed by atoms with Gasteiger partial charge in [-0.2, -0.15) is 0 Å². The van der Waals surface area contributed by atoms with Crippen molar-refractivity contribution >= 4 is 0 Å². The fraction of sp³-hybridized carbons (Fsp3) is 0.214. The zero-order valence-electron chi connectivity index (χ0n) is 10.6. The van der Waals surface area contributed by atoms with Crippen molar-refractivity contribution in [3.05, 3.63) is 41.6 Å². The molecule has 0 radical (unpaired) electrons. The van der Waals surface area contributed by atoms with Crippen molar-refractivity contribution < 1.29 is 14.2 Å². The van der Waals surface area contributed by atoms with Crippen LogP contribution < -0.4 is 19.9 Å². The monoisotopic (exact) mass is 258 g/mol. The van der Waals surface area contributed by atoms with Gasteiger partial charge in [0.05, 0.1) is 0 Å². The molecule has 0 aliphatic carbocycles. The van der Waals surface area contributed by atoms with Crippen LogP contribution in [0.1, 0.15) is 11.3 Å². The molecule has 0 atom stereocenters. The lowest BCUT2D eigenvalue weighted by molar-refractivity contribution is 0.174. The lowest BCUT2D eigenvalue weighted by atomic mass is 10.2. The highest BCUT2D eigenvalue weighted by Gasteiger charge is 2.15. The number of hydrogen-bond acceptors (Lipinski definition) is 5. The predicted molar refractivity (Wildman–Crippen MR) is 69.5 cm³/mol. The first-order valence-electron chi connectivity index (χ1n) is 6.00. The molecule has 0 unspecified atom stereocenters. The molecule has 5 nitrogen and oxygen atoms in total. The van der Waals surface area contributed by atoms with Crippen LogP contribution in [0.3, 0.4) is 0 Å². The highest BCUT2D eigenvalue weighted by molar-refractivity contribution is 5.48. The van der Waals surface area contributed by atoms with Crippen LogP contribution in [0.5, 0.6) is 23.1 Å². The van der Waals surface area contributed by atoms with Gasteiger partial charge in [0.25, 0.3) is 0 Å². The van der Waals surface area contributed by atoms with Crippen LogP contribution in [0.25, 0.3) is 0 Å². The van der Waals surface area contributed by atoms with E-state index in [0.29, 0.717) is 23.9 Å². The summed E-state index contributed by atoms with van der Waals surface area (Å²) in [6, 6.07) is 9.25. The summed E-state index contributed by atoms with van der Waals surface area (Å²) in [6.07, 6.45) is 0. The number of benzene rings is 1. The number of aromatic nitrogens is 1. The van der Waals surface area contributed by atoms with Crippen LogP contribution in [-0.2, 0) is 6.54 Å². The van der Waals surface area contributed by atoms with Gasteiger partial charge < -0.3 is 19.9 Å². The minimum atomic E-state index is 0.246. The lowest BCUT2D eigenvalue weighted by Crippen LogP contribution is -2.02. The minimum Gasteiger partial charge on any atom is -0.454 e. The molecule has 98 valence electrons. The van der Waals surface area contributed by atoms with Crippen molar-refractivity contribution in [2.24, 2.45) is 5.73 Å². The van der Waals surface area contributed by atoms with E-state index in [1.807, 2.05) is 31.2 Å². The first kappa shape index (κ1) is 11.8. The molecule has 0 amide bonds. The fourth-order valence-corrected chi connectivity index (χ4v) is 1.86. The lowest BCUT2D eigenvalue weighted by Gasteiger charge is -2.10. The van der Waals surface area contributed by atoms with Crippen molar-refractivity contribution in [3.63, 3.8) is 0 Å². The molecule has 19 heavy (non-hydrogen) atoms. The van der Waals surface area contributed by atoms with Crippen molar-refractivity contribution in [3.8, 4) is 23.1 Å². The third-order valence-corrected chi connectivity index (χ3v) is 2.86. The summed E-state index contributed by atoms with van der Waals surface area (Å²) in [4.78, 5) is 4.36. The molecule has 5 heteroatoms. The van der Waals surface area contributed by atoms with Crippen molar-refractivity contribution in [1.29, 1.82) is 0 Å². The summed E-state index contributed by atoms with van der Waals surface area (Å²) in [7, 11) is 0. The average Bonchev–Trinajstić information content (AvgIpc) is 2.86. The van der Waals surface area contributed by atoms with Gasteiger partial charge >= 0.3 is 0 Å². The third kappa shape index (κ3) is 2.32. The normalized spacial score (nSPS) is 12.5. The van der Waals surface area contributed by atoms with Gasteiger partial charge in [-0.15, -0.1) is 0 Å². The van der Waals surface area contributed by atoms with E-state index < -0.39 is 0 Å². The molecule has 1 aromatic heterocycles. The number of ether oxygens (including phenoxy) is 3. The van der Waals surface area contributed by atoms with E-state index in [2.05, 4.69) is 4.98 Å². The Labute approximate surface area is 110 Å². The van der Waals surface area contributed by atoms with Crippen LogP contribution in [0.4, 0.5) is 0 Å². The second kappa shape index (κ2) is 4.78. The Morgan fingerprint density at radius 2 is 2.05 bits per heavy atom. The standard InChI is InChI=1S/C14H14N2O3/c1-9-2-3-10(7-15)14(16-9)19-11-4-5-12-13(6-11)18-8-17-12/h2-6H,7-8,15H2,1H3. The number of nitrogens with two attached hydrogens (primary N) is 1.